The summed E-state index contributed by atoms with van der Waals surface area (Å²) in [6, 6.07) is 5.78. The van der Waals surface area contributed by atoms with E-state index >= 15 is 0 Å². The van der Waals surface area contributed by atoms with Gasteiger partial charge in [-0.2, -0.15) is 0 Å². The van der Waals surface area contributed by atoms with Crippen molar-refractivity contribution in [2.75, 3.05) is 0 Å². The molecule has 21 heavy (non-hydrogen) atoms. The number of benzene rings is 2. The fraction of sp³-hybridized carbons (Fsp3) is 0.0714. The van der Waals surface area contributed by atoms with E-state index in [2.05, 4.69) is 20.9 Å². The van der Waals surface area contributed by atoms with E-state index in [1.807, 2.05) is 6.92 Å². The Bertz CT molecular complexity index is 933. The number of aromatic nitrogens is 2. The zero-order valence-corrected chi connectivity index (χ0v) is 13.8. The van der Waals surface area contributed by atoms with Crippen molar-refractivity contribution in [1.29, 1.82) is 0 Å². The average Bonchev–Trinajstić information content (AvgIpc) is 2.70. The smallest absolute Gasteiger partial charge is 0.182 e. The Labute approximate surface area is 137 Å². The number of fused-ring (bicyclic) bond motifs is 1. The maximum Gasteiger partial charge on any atom is 0.182 e. The van der Waals surface area contributed by atoms with Crippen LogP contribution in [0.2, 0.25) is 5.02 Å². The molecule has 0 unspecified atom stereocenters. The van der Waals surface area contributed by atoms with Crippen molar-refractivity contribution < 1.29 is 8.78 Å². The van der Waals surface area contributed by atoms with Gasteiger partial charge in [0.05, 0.1) is 26.2 Å². The van der Waals surface area contributed by atoms with Crippen LogP contribution in [0.3, 0.4) is 0 Å². The van der Waals surface area contributed by atoms with Crippen LogP contribution < -0.4 is 0 Å². The molecule has 0 saturated heterocycles. The van der Waals surface area contributed by atoms with E-state index in [0.29, 0.717) is 26.0 Å². The molecule has 0 fully saturated rings. The fourth-order valence-corrected chi connectivity index (χ4v) is 3.14. The molecular weight excluding hydrogens is 382 g/mol. The van der Waals surface area contributed by atoms with Gasteiger partial charge in [-0.25, -0.2) is 8.78 Å². The number of nitrogens with zero attached hydrogens (tertiary/aromatic N) is 1. The summed E-state index contributed by atoms with van der Waals surface area (Å²) in [5.41, 5.74) is 2.50. The molecule has 1 aromatic heterocycles. The first-order chi connectivity index (χ1) is 9.88. The summed E-state index contributed by atoms with van der Waals surface area (Å²) in [5, 5.41) is -0.0134. The van der Waals surface area contributed by atoms with Crippen molar-refractivity contribution in [3.8, 4) is 5.69 Å². The Hall–Kier alpha value is -1.24. The van der Waals surface area contributed by atoms with Gasteiger partial charge >= 0.3 is 0 Å². The van der Waals surface area contributed by atoms with Crippen LogP contribution in [-0.4, -0.2) is 9.55 Å². The molecule has 3 aromatic rings. The Balaban J connectivity index is 2.40. The van der Waals surface area contributed by atoms with Crippen LogP contribution in [0.4, 0.5) is 8.78 Å². The first-order valence-corrected chi connectivity index (χ1v) is 7.52. The van der Waals surface area contributed by atoms with Crippen LogP contribution in [0.25, 0.3) is 16.7 Å². The Morgan fingerprint density at radius 3 is 2.62 bits per heavy atom. The highest BCUT2D eigenvalue weighted by atomic mass is 79.9. The summed E-state index contributed by atoms with van der Waals surface area (Å²) >= 11 is 14.2. The molecule has 1 heterocycles. The molecule has 1 N–H and O–H groups in total. The summed E-state index contributed by atoms with van der Waals surface area (Å²) in [4.78, 5) is 2.90. The number of hydrogen-bond donors (Lipinski definition) is 1. The molecule has 0 saturated carbocycles. The lowest BCUT2D eigenvalue weighted by Gasteiger charge is -2.10. The van der Waals surface area contributed by atoms with E-state index < -0.39 is 11.6 Å². The van der Waals surface area contributed by atoms with Gasteiger partial charge in [-0.15, -0.1) is 0 Å². The molecule has 0 aliphatic carbocycles. The maximum absolute atomic E-state index is 13.8. The second kappa shape index (κ2) is 5.19. The lowest BCUT2D eigenvalue weighted by atomic mass is 10.2. The number of aryl methyl sites for hydroxylation is 1. The molecule has 0 aliphatic heterocycles. The van der Waals surface area contributed by atoms with Gasteiger partial charge in [0.1, 0.15) is 11.6 Å². The molecule has 0 amide bonds. The Kier molecular flexibility index (Phi) is 3.63. The van der Waals surface area contributed by atoms with Crippen molar-refractivity contribution in [2.45, 2.75) is 6.92 Å². The van der Waals surface area contributed by atoms with Gasteiger partial charge in [-0.05, 0) is 58.8 Å². The summed E-state index contributed by atoms with van der Waals surface area (Å²) in [6.07, 6.45) is 0. The van der Waals surface area contributed by atoms with Crippen molar-refractivity contribution in [3.05, 3.63) is 55.7 Å². The molecule has 108 valence electrons. The molecule has 0 aliphatic rings. The van der Waals surface area contributed by atoms with Crippen LogP contribution in [0, 0.1) is 23.3 Å². The molecule has 0 radical (unpaired) electrons. The zero-order valence-electron chi connectivity index (χ0n) is 10.7. The second-order valence-corrected chi connectivity index (χ2v) is 6.25. The molecule has 0 bridgehead atoms. The average molecular weight is 390 g/mol. The summed E-state index contributed by atoms with van der Waals surface area (Å²) in [5.74, 6) is -0.939. The second-order valence-electron chi connectivity index (χ2n) is 4.60. The minimum Gasteiger partial charge on any atom is -0.330 e. The monoisotopic (exact) mass is 388 g/mol. The molecule has 7 heteroatoms. The highest BCUT2D eigenvalue weighted by Crippen LogP contribution is 2.29. The van der Waals surface area contributed by atoms with Gasteiger partial charge in [0, 0.05) is 6.07 Å². The highest BCUT2D eigenvalue weighted by molar-refractivity contribution is 9.10. The predicted molar refractivity (Wildman–Crippen MR) is 85.8 cm³/mol. The molecule has 2 nitrogen and oxygen atoms in total. The molecule has 0 spiro atoms. The number of rotatable bonds is 1. The lowest BCUT2D eigenvalue weighted by molar-refractivity contribution is 0.619. The molecule has 0 atom stereocenters. The third-order valence-electron chi connectivity index (χ3n) is 3.20. The molecule has 2 aromatic carbocycles. The topological polar surface area (TPSA) is 20.7 Å². The number of nitrogens with one attached hydrogen (secondary N) is 1. The zero-order chi connectivity index (χ0) is 15.3. The summed E-state index contributed by atoms with van der Waals surface area (Å²) in [7, 11) is 0. The van der Waals surface area contributed by atoms with Crippen LogP contribution in [0.1, 0.15) is 5.56 Å². The largest absolute Gasteiger partial charge is 0.330 e. The van der Waals surface area contributed by atoms with E-state index in [9.17, 15) is 8.78 Å². The Morgan fingerprint density at radius 2 is 1.90 bits per heavy atom. The van der Waals surface area contributed by atoms with E-state index in [-0.39, 0.29) is 5.02 Å². The number of halogens is 4. The minimum absolute atomic E-state index is 0.0134. The van der Waals surface area contributed by atoms with Gasteiger partial charge in [-0.3, -0.25) is 4.57 Å². The molecule has 3 rings (SSSR count). The van der Waals surface area contributed by atoms with Crippen LogP contribution >= 0.6 is 39.7 Å². The summed E-state index contributed by atoms with van der Waals surface area (Å²) < 4.78 is 29.7. The van der Waals surface area contributed by atoms with E-state index in [0.717, 1.165) is 5.56 Å². The van der Waals surface area contributed by atoms with Gasteiger partial charge < -0.3 is 4.98 Å². The van der Waals surface area contributed by atoms with E-state index in [1.165, 1.54) is 18.2 Å². The van der Waals surface area contributed by atoms with Crippen LogP contribution in [0.5, 0.6) is 0 Å². The van der Waals surface area contributed by atoms with Crippen molar-refractivity contribution in [3.63, 3.8) is 0 Å². The number of imidazole rings is 1. The van der Waals surface area contributed by atoms with Gasteiger partial charge in [0.2, 0.25) is 0 Å². The Morgan fingerprint density at radius 1 is 1.19 bits per heavy atom. The first-order valence-electron chi connectivity index (χ1n) is 5.94. The third kappa shape index (κ3) is 2.41. The fourth-order valence-electron chi connectivity index (χ4n) is 2.22. The van der Waals surface area contributed by atoms with Crippen molar-refractivity contribution >= 4 is 50.8 Å². The quantitative estimate of drug-likeness (QED) is 0.530. The van der Waals surface area contributed by atoms with Gasteiger partial charge in [0.15, 0.2) is 4.77 Å². The molecular formula is C14H8BrClF2N2S. The van der Waals surface area contributed by atoms with Crippen molar-refractivity contribution in [2.24, 2.45) is 0 Å². The normalized spacial score (nSPS) is 11.3. The standard InChI is InChI=1S/C14H8BrClF2N2S/c1-6-2-7(15)9(17)5-12(6)20-13-3-8(16)10(18)4-11(13)19-14(20)21/h2-5H,1H3,(H,19,21). The first kappa shape index (κ1) is 14.7. The van der Waals surface area contributed by atoms with E-state index in [4.69, 9.17) is 23.8 Å². The highest BCUT2D eigenvalue weighted by Gasteiger charge is 2.14. The van der Waals surface area contributed by atoms with Crippen LogP contribution in [0.15, 0.2) is 28.7 Å². The number of H-pyrrole nitrogens is 1. The predicted octanol–water partition coefficient (Wildman–Crippen LogP) is 5.69. The van der Waals surface area contributed by atoms with Crippen LogP contribution in [-0.2, 0) is 0 Å². The van der Waals surface area contributed by atoms with Gasteiger partial charge in [0.25, 0.3) is 0 Å². The lowest BCUT2D eigenvalue weighted by Crippen LogP contribution is -1.99. The summed E-state index contributed by atoms with van der Waals surface area (Å²) in [6.45, 7) is 1.84. The van der Waals surface area contributed by atoms with Crippen molar-refractivity contribution in [1.82, 2.24) is 9.55 Å². The van der Waals surface area contributed by atoms with E-state index in [1.54, 1.807) is 10.6 Å². The van der Waals surface area contributed by atoms with Gasteiger partial charge in [-0.1, -0.05) is 11.6 Å². The SMILES string of the molecule is Cc1cc(Br)c(F)cc1-n1c(=S)[nH]c2cc(F)c(Cl)cc21. The number of aromatic amines is 1. The number of hydrogen-bond acceptors (Lipinski definition) is 1. The minimum atomic E-state index is -0.536. The third-order valence-corrected chi connectivity index (χ3v) is 4.39. The maximum atomic E-state index is 13.8.